The van der Waals surface area contributed by atoms with Gasteiger partial charge in [-0.2, -0.15) is 25.3 Å². The summed E-state index contributed by atoms with van der Waals surface area (Å²) in [6, 6.07) is -0.133. The van der Waals surface area contributed by atoms with Crippen LogP contribution in [0.2, 0.25) is 0 Å². The van der Waals surface area contributed by atoms with E-state index in [4.69, 9.17) is 0 Å². The molecular formula is C5H11NOS2. The maximum absolute atomic E-state index is 10.6. The molecule has 0 saturated carbocycles. The van der Waals surface area contributed by atoms with Crippen LogP contribution in [0, 0.1) is 0 Å². The number of nitrogens with one attached hydrogen (secondary N) is 1. The van der Waals surface area contributed by atoms with Crippen molar-refractivity contribution in [2.45, 2.75) is 13.0 Å². The number of rotatable bonds is 4. The summed E-state index contributed by atoms with van der Waals surface area (Å²) in [6.07, 6.45) is 0. The normalized spacial score (nSPS) is 13.2. The van der Waals surface area contributed by atoms with Gasteiger partial charge in [0.25, 0.3) is 0 Å². The molecule has 1 atom stereocenters. The van der Waals surface area contributed by atoms with Gasteiger partial charge >= 0.3 is 0 Å². The maximum Gasteiger partial charge on any atom is 0.147 e. The van der Waals surface area contributed by atoms with E-state index in [1.165, 1.54) is 6.92 Å². The van der Waals surface area contributed by atoms with Gasteiger partial charge in [-0.1, -0.05) is 0 Å². The first-order valence-electron chi connectivity index (χ1n) is 2.68. The molecule has 0 spiro atoms. The zero-order valence-electron chi connectivity index (χ0n) is 5.29. The quantitative estimate of drug-likeness (QED) is 0.414. The van der Waals surface area contributed by atoms with Crippen molar-refractivity contribution in [3.63, 3.8) is 0 Å². The van der Waals surface area contributed by atoms with E-state index >= 15 is 0 Å². The zero-order valence-corrected chi connectivity index (χ0v) is 7.08. The standard InChI is InChI=1S/C5H11NOS2/c1-4(7)5(2-8)6-3-9/h5-6,8-9H,2-3H2,1H3/t5-/m0/s1. The Labute approximate surface area is 66.2 Å². The van der Waals surface area contributed by atoms with Crippen molar-refractivity contribution in [2.24, 2.45) is 0 Å². The van der Waals surface area contributed by atoms with Crippen LogP contribution in [0.1, 0.15) is 6.92 Å². The second-order valence-corrected chi connectivity index (χ2v) is 2.39. The summed E-state index contributed by atoms with van der Waals surface area (Å²) in [4.78, 5) is 10.6. The highest BCUT2D eigenvalue weighted by atomic mass is 32.1. The molecule has 4 heteroatoms. The third kappa shape index (κ3) is 3.83. The van der Waals surface area contributed by atoms with Crippen molar-refractivity contribution in [3.05, 3.63) is 0 Å². The van der Waals surface area contributed by atoms with Gasteiger partial charge in [-0.3, -0.25) is 10.1 Å². The van der Waals surface area contributed by atoms with E-state index in [0.29, 0.717) is 11.6 Å². The van der Waals surface area contributed by atoms with Crippen molar-refractivity contribution in [1.82, 2.24) is 5.32 Å². The number of hydrogen-bond donors (Lipinski definition) is 3. The zero-order chi connectivity index (χ0) is 7.28. The molecule has 0 fully saturated rings. The van der Waals surface area contributed by atoms with Crippen LogP contribution in [-0.4, -0.2) is 23.5 Å². The van der Waals surface area contributed by atoms with Gasteiger partial charge in [-0.05, 0) is 6.92 Å². The van der Waals surface area contributed by atoms with Crippen LogP contribution < -0.4 is 5.32 Å². The molecule has 9 heavy (non-hydrogen) atoms. The Kier molecular flexibility index (Phi) is 5.33. The Morgan fingerprint density at radius 3 is 2.33 bits per heavy atom. The van der Waals surface area contributed by atoms with E-state index in [0.717, 1.165) is 0 Å². The molecule has 0 aliphatic heterocycles. The van der Waals surface area contributed by atoms with Crippen LogP contribution in [0.25, 0.3) is 0 Å². The molecule has 0 heterocycles. The molecule has 0 aliphatic rings. The van der Waals surface area contributed by atoms with E-state index in [1.807, 2.05) is 0 Å². The van der Waals surface area contributed by atoms with Crippen LogP contribution in [-0.2, 0) is 4.79 Å². The van der Waals surface area contributed by atoms with Gasteiger partial charge in [0.1, 0.15) is 5.78 Å². The molecule has 54 valence electrons. The Balaban J connectivity index is 3.54. The van der Waals surface area contributed by atoms with E-state index in [2.05, 4.69) is 30.6 Å². The topological polar surface area (TPSA) is 29.1 Å². The third-order valence-corrected chi connectivity index (χ3v) is 1.56. The molecule has 0 aliphatic carbocycles. The van der Waals surface area contributed by atoms with Crippen molar-refractivity contribution in [3.8, 4) is 0 Å². The first-order chi connectivity index (χ1) is 4.22. The lowest BCUT2D eigenvalue weighted by Gasteiger charge is -2.09. The fourth-order valence-electron chi connectivity index (χ4n) is 0.447. The second-order valence-electron chi connectivity index (χ2n) is 1.71. The molecule has 1 N–H and O–H groups in total. The van der Waals surface area contributed by atoms with Crippen molar-refractivity contribution >= 4 is 31.0 Å². The van der Waals surface area contributed by atoms with Gasteiger partial charge in [0.05, 0.1) is 6.04 Å². The Morgan fingerprint density at radius 1 is 1.67 bits per heavy atom. The summed E-state index contributed by atoms with van der Waals surface area (Å²) in [5, 5.41) is 2.87. The minimum absolute atomic E-state index is 0.110. The summed E-state index contributed by atoms with van der Waals surface area (Å²) >= 11 is 7.88. The van der Waals surface area contributed by atoms with Gasteiger partial charge in [-0.15, -0.1) is 0 Å². The molecule has 0 rings (SSSR count). The van der Waals surface area contributed by atoms with Crippen molar-refractivity contribution in [1.29, 1.82) is 0 Å². The molecule has 2 nitrogen and oxygen atoms in total. The van der Waals surface area contributed by atoms with E-state index < -0.39 is 0 Å². The van der Waals surface area contributed by atoms with Gasteiger partial charge in [0.2, 0.25) is 0 Å². The SMILES string of the molecule is CC(=O)[C@H](CS)NCS. The van der Waals surface area contributed by atoms with E-state index in [-0.39, 0.29) is 11.8 Å². The average molecular weight is 165 g/mol. The smallest absolute Gasteiger partial charge is 0.147 e. The Bertz CT molecular complexity index is 97.0. The molecule has 0 radical (unpaired) electrons. The van der Waals surface area contributed by atoms with E-state index in [1.54, 1.807) is 0 Å². The number of hydrogen-bond acceptors (Lipinski definition) is 4. The predicted molar refractivity (Wildman–Crippen MR) is 45.3 cm³/mol. The highest BCUT2D eigenvalue weighted by Crippen LogP contribution is 1.89. The molecule has 0 unspecified atom stereocenters. The lowest BCUT2D eigenvalue weighted by molar-refractivity contribution is -0.118. The minimum atomic E-state index is -0.133. The number of carbonyl (C=O) groups is 1. The molecule has 0 saturated heterocycles. The van der Waals surface area contributed by atoms with Crippen LogP contribution in [0.3, 0.4) is 0 Å². The van der Waals surface area contributed by atoms with Crippen LogP contribution in [0.15, 0.2) is 0 Å². The summed E-state index contributed by atoms with van der Waals surface area (Å²) < 4.78 is 0. The monoisotopic (exact) mass is 165 g/mol. The largest absolute Gasteiger partial charge is 0.298 e. The lowest BCUT2D eigenvalue weighted by Crippen LogP contribution is -2.35. The number of thiol groups is 2. The first kappa shape index (κ1) is 9.33. The molecule has 0 bridgehead atoms. The second kappa shape index (κ2) is 5.14. The number of ketones is 1. The average Bonchev–Trinajstić information content (AvgIpc) is 1.82. The summed E-state index contributed by atoms with van der Waals surface area (Å²) in [7, 11) is 0. The lowest BCUT2D eigenvalue weighted by atomic mass is 10.2. The van der Waals surface area contributed by atoms with Gasteiger partial charge in [0.15, 0.2) is 0 Å². The fraction of sp³-hybridized carbons (Fsp3) is 0.800. The van der Waals surface area contributed by atoms with Crippen molar-refractivity contribution < 1.29 is 4.79 Å². The van der Waals surface area contributed by atoms with Crippen LogP contribution in [0.4, 0.5) is 0 Å². The van der Waals surface area contributed by atoms with Gasteiger partial charge < -0.3 is 0 Å². The molecular weight excluding hydrogens is 154 g/mol. The molecule has 0 amide bonds. The highest BCUT2D eigenvalue weighted by Gasteiger charge is 2.08. The van der Waals surface area contributed by atoms with Crippen LogP contribution >= 0.6 is 25.3 Å². The van der Waals surface area contributed by atoms with Crippen LogP contribution in [0.5, 0.6) is 0 Å². The highest BCUT2D eigenvalue weighted by molar-refractivity contribution is 7.80. The summed E-state index contributed by atoms with van der Waals surface area (Å²) in [5.41, 5.74) is 0. The summed E-state index contributed by atoms with van der Waals surface area (Å²) in [5.74, 6) is 1.17. The third-order valence-electron chi connectivity index (χ3n) is 1.01. The predicted octanol–water partition coefficient (Wildman–Crippen LogP) is 0.351. The maximum atomic E-state index is 10.6. The minimum Gasteiger partial charge on any atom is -0.298 e. The first-order valence-corrected chi connectivity index (χ1v) is 3.94. The Morgan fingerprint density at radius 2 is 2.22 bits per heavy atom. The van der Waals surface area contributed by atoms with Gasteiger partial charge in [-0.25, -0.2) is 0 Å². The van der Waals surface area contributed by atoms with E-state index in [9.17, 15) is 4.79 Å². The number of carbonyl (C=O) groups excluding carboxylic acids is 1. The molecule has 0 aromatic carbocycles. The van der Waals surface area contributed by atoms with Crippen molar-refractivity contribution in [2.75, 3.05) is 11.6 Å². The molecule has 0 aromatic rings. The van der Waals surface area contributed by atoms with Gasteiger partial charge in [0, 0.05) is 11.6 Å². The Hall–Kier alpha value is 0.330. The number of Topliss-reactive ketones (excluding diaryl/α,β-unsaturated/α-hetero) is 1. The molecule has 0 aromatic heterocycles. The summed E-state index contributed by atoms with van der Waals surface area (Å²) in [6.45, 7) is 1.54. The fourth-order valence-corrected chi connectivity index (χ4v) is 1.05.